The number of rotatable bonds is 5. The Hall–Kier alpha value is -1.49. The lowest BCUT2D eigenvalue weighted by Crippen LogP contribution is -2.11. The minimum atomic E-state index is -0.170. The summed E-state index contributed by atoms with van der Waals surface area (Å²) in [5.41, 5.74) is 1.61. The summed E-state index contributed by atoms with van der Waals surface area (Å²) in [6.07, 6.45) is 0.212. The largest absolute Gasteiger partial charge is 0.396 e. The average molecular weight is 325 g/mol. The maximum atomic E-state index is 12.1. The second-order valence-corrected chi connectivity index (χ2v) is 5.60. The number of halogens is 2. The van der Waals surface area contributed by atoms with Crippen molar-refractivity contribution in [3.05, 3.63) is 46.3 Å². The van der Waals surface area contributed by atoms with Crippen LogP contribution in [-0.4, -0.2) is 27.5 Å². The van der Waals surface area contributed by atoms with E-state index in [0.29, 0.717) is 10.7 Å². The summed E-state index contributed by atoms with van der Waals surface area (Å²) in [5, 5.41) is 9.65. The number of ketones is 1. The molecule has 6 heteroatoms. The van der Waals surface area contributed by atoms with Crippen molar-refractivity contribution in [3.8, 4) is 11.3 Å². The first-order valence-corrected chi connectivity index (χ1v) is 7.19. The van der Waals surface area contributed by atoms with E-state index < -0.39 is 0 Å². The monoisotopic (exact) mass is 324 g/mol. The molecule has 110 valence electrons. The Balaban J connectivity index is 2.33. The molecule has 0 amide bonds. The Kier molecular flexibility index (Phi) is 5.28. The molecule has 0 aliphatic carbocycles. The first-order valence-electron chi connectivity index (χ1n) is 6.44. The van der Waals surface area contributed by atoms with Gasteiger partial charge >= 0.3 is 0 Å². The molecular weight excluding hydrogens is 311 g/mol. The third-order valence-corrected chi connectivity index (χ3v) is 3.39. The predicted octanol–water partition coefficient (Wildman–Crippen LogP) is 3.65. The Morgan fingerprint density at radius 3 is 2.52 bits per heavy atom. The second-order valence-electron chi connectivity index (χ2n) is 4.83. The molecular formula is C15H14Cl2N2O2. The molecule has 2 aromatic rings. The standard InChI is InChI=1S/C15H14Cl2N2O2/c1-9(8-20)6-14(21)13-7-12(18-15(17)19-13)10-2-4-11(16)5-3-10/h2-5,7,9,20H,6,8H2,1H3/t9-/m0/s1. The molecule has 4 nitrogen and oxygen atoms in total. The normalized spacial score (nSPS) is 12.2. The first kappa shape index (κ1) is 15.9. The van der Waals surface area contributed by atoms with Crippen LogP contribution in [0, 0.1) is 5.92 Å². The summed E-state index contributed by atoms with van der Waals surface area (Å²) in [7, 11) is 0. The molecule has 0 unspecified atom stereocenters. The van der Waals surface area contributed by atoms with E-state index in [4.69, 9.17) is 28.3 Å². The lowest BCUT2D eigenvalue weighted by Gasteiger charge is -2.08. The fourth-order valence-electron chi connectivity index (χ4n) is 1.81. The number of aliphatic hydroxyl groups excluding tert-OH is 1. The lowest BCUT2D eigenvalue weighted by atomic mass is 10.0. The Morgan fingerprint density at radius 1 is 1.24 bits per heavy atom. The van der Waals surface area contributed by atoms with E-state index in [2.05, 4.69) is 9.97 Å². The molecule has 1 aromatic heterocycles. The summed E-state index contributed by atoms with van der Waals surface area (Å²) >= 11 is 11.7. The van der Waals surface area contributed by atoms with Crippen LogP contribution in [0.2, 0.25) is 10.3 Å². The van der Waals surface area contributed by atoms with Gasteiger partial charge in [-0.05, 0) is 35.7 Å². The van der Waals surface area contributed by atoms with Crippen molar-refractivity contribution < 1.29 is 9.90 Å². The van der Waals surface area contributed by atoms with Gasteiger partial charge in [0.05, 0.1) is 5.69 Å². The third-order valence-electron chi connectivity index (χ3n) is 2.97. The van der Waals surface area contributed by atoms with Crippen molar-refractivity contribution in [2.24, 2.45) is 5.92 Å². The first-order chi connectivity index (χ1) is 9.99. The van der Waals surface area contributed by atoms with E-state index in [1.54, 1.807) is 37.3 Å². The number of nitrogens with zero attached hydrogens (tertiary/aromatic N) is 2. The van der Waals surface area contributed by atoms with Crippen molar-refractivity contribution in [1.82, 2.24) is 9.97 Å². The van der Waals surface area contributed by atoms with Crippen LogP contribution in [0.4, 0.5) is 0 Å². The highest BCUT2D eigenvalue weighted by molar-refractivity contribution is 6.30. The van der Waals surface area contributed by atoms with E-state index >= 15 is 0 Å². The fourth-order valence-corrected chi connectivity index (χ4v) is 2.12. The van der Waals surface area contributed by atoms with Crippen LogP contribution >= 0.6 is 23.2 Å². The summed E-state index contributed by atoms with van der Waals surface area (Å²) in [4.78, 5) is 20.2. The van der Waals surface area contributed by atoms with Crippen LogP contribution in [0.3, 0.4) is 0 Å². The SMILES string of the molecule is C[C@H](CO)CC(=O)c1cc(-c2ccc(Cl)cc2)nc(Cl)n1. The average Bonchev–Trinajstić information content (AvgIpc) is 2.47. The van der Waals surface area contributed by atoms with Crippen LogP contribution in [0.15, 0.2) is 30.3 Å². The van der Waals surface area contributed by atoms with Gasteiger partial charge in [0, 0.05) is 23.6 Å². The molecule has 0 saturated carbocycles. The molecule has 0 saturated heterocycles. The van der Waals surface area contributed by atoms with Crippen LogP contribution in [0.5, 0.6) is 0 Å². The maximum Gasteiger partial charge on any atom is 0.223 e. The van der Waals surface area contributed by atoms with Gasteiger partial charge < -0.3 is 5.11 Å². The Bertz CT molecular complexity index is 645. The smallest absolute Gasteiger partial charge is 0.223 e. The van der Waals surface area contributed by atoms with E-state index in [1.807, 2.05) is 0 Å². The number of benzene rings is 1. The molecule has 0 bridgehead atoms. The fraction of sp³-hybridized carbons (Fsp3) is 0.267. The number of aliphatic hydroxyl groups is 1. The van der Waals surface area contributed by atoms with Gasteiger partial charge in [0.25, 0.3) is 0 Å². The molecule has 0 fully saturated rings. The zero-order chi connectivity index (χ0) is 15.4. The van der Waals surface area contributed by atoms with Gasteiger partial charge in [-0.3, -0.25) is 4.79 Å². The Morgan fingerprint density at radius 2 is 1.90 bits per heavy atom. The highest BCUT2D eigenvalue weighted by Gasteiger charge is 2.15. The van der Waals surface area contributed by atoms with Gasteiger partial charge in [-0.1, -0.05) is 30.7 Å². The summed E-state index contributed by atoms with van der Waals surface area (Å²) in [6, 6.07) is 8.67. The van der Waals surface area contributed by atoms with Crippen molar-refractivity contribution >= 4 is 29.0 Å². The second kappa shape index (κ2) is 6.98. The number of carbonyl (C=O) groups is 1. The van der Waals surface area contributed by atoms with E-state index in [9.17, 15) is 4.79 Å². The molecule has 0 aliphatic heterocycles. The van der Waals surface area contributed by atoms with E-state index in [-0.39, 0.29) is 35.7 Å². The number of Topliss-reactive ketones (excluding diaryl/α,β-unsaturated/α-hetero) is 1. The summed E-state index contributed by atoms with van der Waals surface area (Å²) in [6.45, 7) is 1.75. The molecule has 0 spiro atoms. The minimum absolute atomic E-state index is 0.0162. The highest BCUT2D eigenvalue weighted by atomic mass is 35.5. The van der Waals surface area contributed by atoms with Crippen LogP contribution in [0.1, 0.15) is 23.8 Å². The van der Waals surface area contributed by atoms with Crippen LogP contribution < -0.4 is 0 Å². The zero-order valence-corrected chi connectivity index (χ0v) is 12.9. The maximum absolute atomic E-state index is 12.1. The van der Waals surface area contributed by atoms with Crippen molar-refractivity contribution in [3.63, 3.8) is 0 Å². The quantitative estimate of drug-likeness (QED) is 0.673. The Labute approximate surface area is 132 Å². The topological polar surface area (TPSA) is 63.1 Å². The van der Waals surface area contributed by atoms with Gasteiger partial charge in [-0.25, -0.2) is 9.97 Å². The lowest BCUT2D eigenvalue weighted by molar-refractivity contribution is 0.0938. The summed E-state index contributed by atoms with van der Waals surface area (Å²) in [5.74, 6) is -0.290. The molecule has 2 rings (SSSR count). The molecule has 1 heterocycles. The van der Waals surface area contributed by atoms with Crippen LogP contribution in [-0.2, 0) is 0 Å². The predicted molar refractivity (Wildman–Crippen MR) is 82.7 cm³/mol. The molecule has 1 aromatic carbocycles. The van der Waals surface area contributed by atoms with E-state index in [1.165, 1.54) is 0 Å². The number of hydrogen-bond acceptors (Lipinski definition) is 4. The summed E-state index contributed by atoms with van der Waals surface area (Å²) < 4.78 is 0. The highest BCUT2D eigenvalue weighted by Crippen LogP contribution is 2.22. The molecule has 1 atom stereocenters. The molecule has 21 heavy (non-hydrogen) atoms. The van der Waals surface area contributed by atoms with Gasteiger partial charge in [0.2, 0.25) is 5.28 Å². The van der Waals surface area contributed by atoms with Crippen molar-refractivity contribution in [2.45, 2.75) is 13.3 Å². The van der Waals surface area contributed by atoms with Crippen molar-refractivity contribution in [1.29, 1.82) is 0 Å². The number of carbonyl (C=O) groups excluding carboxylic acids is 1. The van der Waals surface area contributed by atoms with E-state index in [0.717, 1.165) is 5.56 Å². The molecule has 0 aliphatic rings. The molecule has 1 N–H and O–H groups in total. The van der Waals surface area contributed by atoms with Gasteiger partial charge in [0.15, 0.2) is 5.78 Å². The zero-order valence-electron chi connectivity index (χ0n) is 11.4. The third kappa shape index (κ3) is 4.24. The molecule has 0 radical (unpaired) electrons. The van der Waals surface area contributed by atoms with Gasteiger partial charge in [-0.15, -0.1) is 0 Å². The van der Waals surface area contributed by atoms with Gasteiger partial charge in [-0.2, -0.15) is 0 Å². The number of hydrogen-bond donors (Lipinski definition) is 1. The van der Waals surface area contributed by atoms with Crippen molar-refractivity contribution in [2.75, 3.05) is 6.61 Å². The van der Waals surface area contributed by atoms with Gasteiger partial charge in [0.1, 0.15) is 5.69 Å². The number of aromatic nitrogens is 2. The van der Waals surface area contributed by atoms with Crippen LogP contribution in [0.25, 0.3) is 11.3 Å². The minimum Gasteiger partial charge on any atom is -0.396 e.